The summed E-state index contributed by atoms with van der Waals surface area (Å²) < 4.78 is 1.43. The minimum Gasteiger partial charge on any atom is -0.479 e. The Bertz CT molecular complexity index is 538. The van der Waals surface area contributed by atoms with Crippen molar-refractivity contribution in [3.8, 4) is 0 Å². The summed E-state index contributed by atoms with van der Waals surface area (Å²) in [5.41, 5.74) is -0.960. The minimum atomic E-state index is -1.20. The third kappa shape index (κ3) is 2.57. The van der Waals surface area contributed by atoms with Gasteiger partial charge < -0.3 is 15.0 Å². The van der Waals surface area contributed by atoms with Crippen LogP contribution >= 0.6 is 35.0 Å². The molecule has 2 heterocycles. The Morgan fingerprint density at radius 1 is 1.53 bits per heavy atom. The second-order valence-electron chi connectivity index (χ2n) is 4.37. The summed E-state index contributed by atoms with van der Waals surface area (Å²) in [5, 5.41) is 12.4. The van der Waals surface area contributed by atoms with Crippen LogP contribution in [0.15, 0.2) is 6.07 Å². The smallest absolute Gasteiger partial charge is 0.330 e. The van der Waals surface area contributed by atoms with Gasteiger partial charge in [-0.05, 0) is 18.2 Å². The second-order valence-corrected chi connectivity index (χ2v) is 6.24. The standard InChI is InChI=1S/C11H12Cl2N2O3S/c1-15-7(4-6(12)8(15)13)9(16)14-11(10(17)18)2-3-19-5-11/h4H,2-3,5H2,1H3,(H,14,16)(H,17,18)/t11-/m0/s1. The van der Waals surface area contributed by atoms with Gasteiger partial charge in [-0.1, -0.05) is 23.2 Å². The number of thioether (sulfide) groups is 1. The van der Waals surface area contributed by atoms with Crippen LogP contribution < -0.4 is 5.32 Å². The molecule has 5 nitrogen and oxygen atoms in total. The predicted molar refractivity (Wildman–Crippen MR) is 75.2 cm³/mol. The van der Waals surface area contributed by atoms with E-state index in [9.17, 15) is 14.7 Å². The third-order valence-electron chi connectivity index (χ3n) is 3.13. The molecule has 0 aromatic carbocycles. The van der Waals surface area contributed by atoms with Crippen molar-refractivity contribution in [1.82, 2.24) is 9.88 Å². The number of carboxylic acid groups (broad SMARTS) is 1. The fourth-order valence-corrected chi connectivity index (χ4v) is 3.63. The lowest BCUT2D eigenvalue weighted by Gasteiger charge is -2.24. The lowest BCUT2D eigenvalue weighted by molar-refractivity contribution is -0.143. The third-order valence-corrected chi connectivity index (χ3v) is 5.16. The molecule has 0 saturated carbocycles. The molecule has 1 aromatic rings. The molecule has 1 amide bonds. The Balaban J connectivity index is 2.25. The van der Waals surface area contributed by atoms with Crippen molar-refractivity contribution in [2.75, 3.05) is 11.5 Å². The van der Waals surface area contributed by atoms with Gasteiger partial charge in [-0.15, -0.1) is 0 Å². The van der Waals surface area contributed by atoms with Crippen LogP contribution in [0, 0.1) is 0 Å². The summed E-state index contributed by atoms with van der Waals surface area (Å²) in [6, 6.07) is 1.43. The number of aromatic nitrogens is 1. The Morgan fingerprint density at radius 3 is 2.63 bits per heavy atom. The van der Waals surface area contributed by atoms with Gasteiger partial charge in [0.1, 0.15) is 16.4 Å². The van der Waals surface area contributed by atoms with E-state index in [4.69, 9.17) is 23.2 Å². The molecule has 0 unspecified atom stereocenters. The highest BCUT2D eigenvalue weighted by atomic mass is 35.5. The zero-order valence-corrected chi connectivity index (χ0v) is 12.4. The van der Waals surface area contributed by atoms with Crippen LogP contribution in [0.3, 0.4) is 0 Å². The molecule has 19 heavy (non-hydrogen) atoms. The fraction of sp³-hybridized carbons (Fsp3) is 0.455. The molecule has 1 aliphatic rings. The molecule has 0 spiro atoms. The van der Waals surface area contributed by atoms with Crippen LogP contribution in [0.4, 0.5) is 0 Å². The van der Waals surface area contributed by atoms with E-state index in [0.29, 0.717) is 17.9 Å². The molecule has 0 bridgehead atoms. The van der Waals surface area contributed by atoms with Crippen molar-refractivity contribution in [2.45, 2.75) is 12.0 Å². The normalized spacial score (nSPS) is 22.5. The Kier molecular flexibility index (Phi) is 4.03. The monoisotopic (exact) mass is 322 g/mol. The first-order chi connectivity index (χ1) is 8.87. The van der Waals surface area contributed by atoms with Gasteiger partial charge in [0.2, 0.25) is 0 Å². The zero-order chi connectivity index (χ0) is 14.2. The largest absolute Gasteiger partial charge is 0.479 e. The predicted octanol–water partition coefficient (Wildman–Crippen LogP) is 2.02. The number of carbonyl (C=O) groups is 2. The van der Waals surface area contributed by atoms with E-state index < -0.39 is 17.4 Å². The number of hydrogen-bond donors (Lipinski definition) is 2. The van der Waals surface area contributed by atoms with Crippen LogP contribution in [-0.2, 0) is 11.8 Å². The number of carbonyl (C=O) groups excluding carboxylic acids is 1. The first-order valence-electron chi connectivity index (χ1n) is 5.52. The molecule has 1 atom stereocenters. The molecule has 0 radical (unpaired) electrons. The van der Waals surface area contributed by atoms with E-state index in [1.54, 1.807) is 7.05 Å². The van der Waals surface area contributed by atoms with Gasteiger partial charge in [0, 0.05) is 12.8 Å². The summed E-state index contributed by atoms with van der Waals surface area (Å²) in [5.74, 6) is -0.431. The molecule has 2 rings (SSSR count). The molecule has 104 valence electrons. The van der Waals surface area contributed by atoms with Gasteiger partial charge in [0.25, 0.3) is 5.91 Å². The summed E-state index contributed by atoms with van der Waals surface area (Å²) in [6.07, 6.45) is 0.407. The molecule has 2 N–H and O–H groups in total. The molecule has 1 saturated heterocycles. The maximum absolute atomic E-state index is 12.2. The highest BCUT2D eigenvalue weighted by molar-refractivity contribution is 7.99. The van der Waals surface area contributed by atoms with Crippen molar-refractivity contribution in [3.63, 3.8) is 0 Å². The van der Waals surface area contributed by atoms with Crippen LogP contribution in [0.25, 0.3) is 0 Å². The van der Waals surface area contributed by atoms with E-state index in [0.717, 1.165) is 0 Å². The molecule has 1 fully saturated rings. The second kappa shape index (κ2) is 5.26. The fourth-order valence-electron chi connectivity index (χ4n) is 1.93. The zero-order valence-electron chi connectivity index (χ0n) is 10.1. The molecular formula is C11H12Cl2N2O3S. The number of nitrogens with zero attached hydrogens (tertiary/aromatic N) is 1. The highest BCUT2D eigenvalue weighted by Gasteiger charge is 2.43. The summed E-state index contributed by atoms with van der Waals surface area (Å²) >= 11 is 13.2. The molecule has 1 aliphatic heterocycles. The lowest BCUT2D eigenvalue weighted by atomic mass is 9.99. The Hall–Kier alpha value is -0.850. The first-order valence-corrected chi connectivity index (χ1v) is 7.43. The average Bonchev–Trinajstić information content (AvgIpc) is 2.91. The number of rotatable bonds is 3. The summed E-state index contributed by atoms with van der Waals surface area (Å²) in [4.78, 5) is 23.5. The molecule has 0 aliphatic carbocycles. The quantitative estimate of drug-likeness (QED) is 0.893. The van der Waals surface area contributed by atoms with Crippen molar-refractivity contribution >= 4 is 46.8 Å². The van der Waals surface area contributed by atoms with Crippen molar-refractivity contribution in [3.05, 3.63) is 21.9 Å². The van der Waals surface area contributed by atoms with Gasteiger partial charge in [0.05, 0.1) is 5.02 Å². The molecule has 1 aromatic heterocycles. The van der Waals surface area contributed by atoms with Crippen LogP contribution in [0.2, 0.25) is 10.2 Å². The van der Waals surface area contributed by atoms with Gasteiger partial charge in [0.15, 0.2) is 0 Å². The number of halogens is 2. The van der Waals surface area contributed by atoms with E-state index in [-0.39, 0.29) is 15.9 Å². The van der Waals surface area contributed by atoms with Gasteiger partial charge >= 0.3 is 5.97 Å². The maximum atomic E-state index is 12.2. The van der Waals surface area contributed by atoms with E-state index >= 15 is 0 Å². The van der Waals surface area contributed by atoms with E-state index in [2.05, 4.69) is 5.32 Å². The first kappa shape index (κ1) is 14.6. The lowest BCUT2D eigenvalue weighted by Crippen LogP contribution is -2.55. The van der Waals surface area contributed by atoms with Gasteiger partial charge in [-0.25, -0.2) is 4.79 Å². The summed E-state index contributed by atoms with van der Waals surface area (Å²) in [6.45, 7) is 0. The summed E-state index contributed by atoms with van der Waals surface area (Å²) in [7, 11) is 1.60. The number of aliphatic carboxylic acids is 1. The topological polar surface area (TPSA) is 71.3 Å². The number of amides is 1. The molecule has 8 heteroatoms. The highest BCUT2D eigenvalue weighted by Crippen LogP contribution is 2.30. The van der Waals surface area contributed by atoms with Gasteiger partial charge in [-0.3, -0.25) is 4.79 Å². The maximum Gasteiger partial charge on any atom is 0.330 e. The van der Waals surface area contributed by atoms with Crippen molar-refractivity contribution in [1.29, 1.82) is 0 Å². The number of nitrogens with one attached hydrogen (secondary N) is 1. The van der Waals surface area contributed by atoms with Crippen molar-refractivity contribution in [2.24, 2.45) is 7.05 Å². The van der Waals surface area contributed by atoms with Crippen LogP contribution in [-0.4, -0.2) is 38.6 Å². The number of carboxylic acids is 1. The van der Waals surface area contributed by atoms with Crippen molar-refractivity contribution < 1.29 is 14.7 Å². The average molecular weight is 323 g/mol. The Labute approximate surface area is 124 Å². The van der Waals surface area contributed by atoms with Crippen LogP contribution in [0.5, 0.6) is 0 Å². The Morgan fingerprint density at radius 2 is 2.21 bits per heavy atom. The van der Waals surface area contributed by atoms with E-state index in [1.165, 1.54) is 22.4 Å². The van der Waals surface area contributed by atoms with Crippen LogP contribution in [0.1, 0.15) is 16.9 Å². The SMILES string of the molecule is Cn1c(C(=O)N[C@@]2(C(=O)O)CCSC2)cc(Cl)c1Cl. The van der Waals surface area contributed by atoms with E-state index in [1.807, 2.05) is 0 Å². The minimum absolute atomic E-state index is 0.243. The van der Waals surface area contributed by atoms with Gasteiger partial charge in [-0.2, -0.15) is 11.8 Å². The molecular weight excluding hydrogens is 311 g/mol. The number of hydrogen-bond acceptors (Lipinski definition) is 3.